The molecule has 0 saturated carbocycles. The van der Waals surface area contributed by atoms with E-state index in [0.29, 0.717) is 11.5 Å². The number of halogens is 1. The average Bonchev–Trinajstić information content (AvgIpc) is 3.35. The Kier molecular flexibility index (Phi) is 9.89. The first-order valence-electron chi connectivity index (χ1n) is 13.9. The molecule has 0 saturated heterocycles. The molecule has 3 nitrogen and oxygen atoms in total. The van der Waals surface area contributed by atoms with Gasteiger partial charge in [0.1, 0.15) is 5.82 Å². The summed E-state index contributed by atoms with van der Waals surface area (Å²) in [5.41, 5.74) is 7.35. The van der Waals surface area contributed by atoms with Gasteiger partial charge >= 0.3 is 0 Å². The van der Waals surface area contributed by atoms with Crippen molar-refractivity contribution in [2.75, 3.05) is 4.43 Å². The average molecular weight is 811 g/mol. The molecule has 1 unspecified atom stereocenters. The van der Waals surface area contributed by atoms with Crippen LogP contribution >= 0.6 is 22.6 Å². The number of hydrogen-bond donors (Lipinski definition) is 0. The van der Waals surface area contributed by atoms with E-state index < -0.39 is 0 Å². The van der Waals surface area contributed by atoms with Crippen molar-refractivity contribution in [1.29, 1.82) is 5.26 Å². The molecule has 5 heteroatoms. The van der Waals surface area contributed by atoms with Gasteiger partial charge in [0.05, 0.1) is 11.0 Å². The monoisotopic (exact) mass is 811 g/mol. The molecule has 5 rings (SSSR count). The van der Waals surface area contributed by atoms with Crippen molar-refractivity contribution < 1.29 is 20.4 Å². The van der Waals surface area contributed by atoms with E-state index in [4.69, 9.17) is 4.98 Å². The molecule has 0 aliphatic rings. The summed E-state index contributed by atoms with van der Waals surface area (Å²) in [5.74, 6) is 1.38. The van der Waals surface area contributed by atoms with Crippen molar-refractivity contribution >= 4 is 44.4 Å². The normalized spacial score (nSPS) is 12.8. The Morgan fingerprint density at radius 1 is 1.07 bits per heavy atom. The third-order valence-electron chi connectivity index (χ3n) is 7.72. The molecule has 1 atom stereocenters. The van der Waals surface area contributed by atoms with Gasteiger partial charge in [-0.25, -0.2) is 10.2 Å². The zero-order valence-corrected chi connectivity index (χ0v) is 28.5. The zero-order chi connectivity index (χ0) is 27.6. The van der Waals surface area contributed by atoms with E-state index in [1.165, 1.54) is 34.7 Å². The number of fused-ring (bicyclic) bond motifs is 3. The molecule has 1 aromatic heterocycles. The van der Waals surface area contributed by atoms with E-state index in [2.05, 4.69) is 128 Å². The number of benzene rings is 4. The zero-order valence-electron chi connectivity index (χ0n) is 23.6. The number of imidazole rings is 1. The van der Waals surface area contributed by atoms with Gasteiger partial charge < -0.3 is 4.57 Å². The summed E-state index contributed by atoms with van der Waals surface area (Å²) in [7, 11) is 0. The maximum Gasteiger partial charge on any atom is 0.144 e. The van der Waals surface area contributed by atoms with Crippen molar-refractivity contribution in [2.24, 2.45) is 5.92 Å². The van der Waals surface area contributed by atoms with Gasteiger partial charge in [0, 0.05) is 47.3 Å². The Hall–Kier alpha value is -2.51. The molecule has 0 N–H and O–H groups in total. The number of hydrogen-bond acceptors (Lipinski definition) is 2. The van der Waals surface area contributed by atoms with Gasteiger partial charge in [0.2, 0.25) is 0 Å². The van der Waals surface area contributed by atoms with E-state index in [9.17, 15) is 5.26 Å². The Bertz CT molecular complexity index is 1680. The number of nitrogens with zero attached hydrogens (tertiary/aromatic N) is 3. The first kappa shape index (κ1) is 30.5. The summed E-state index contributed by atoms with van der Waals surface area (Å²) in [4.78, 5) is 5.34. The summed E-state index contributed by atoms with van der Waals surface area (Å²) in [6.45, 7) is 9.11. The van der Waals surface area contributed by atoms with Crippen LogP contribution in [-0.2, 0) is 32.3 Å². The van der Waals surface area contributed by atoms with Crippen molar-refractivity contribution in [3.05, 3.63) is 95.6 Å². The van der Waals surface area contributed by atoms with Gasteiger partial charge in [0.15, 0.2) is 0 Å². The van der Waals surface area contributed by atoms with Gasteiger partial charge in [-0.2, -0.15) is 18.2 Å². The Balaban J connectivity index is 0.00000370. The molecule has 0 fully saturated rings. The van der Waals surface area contributed by atoms with Gasteiger partial charge in [-0.3, -0.25) is 0 Å². The summed E-state index contributed by atoms with van der Waals surface area (Å²) < 4.78 is 3.36. The fourth-order valence-electron chi connectivity index (χ4n) is 5.69. The molecule has 0 aliphatic carbocycles. The number of rotatable bonds is 9. The maximum atomic E-state index is 9.70. The van der Waals surface area contributed by atoms with Crippen LogP contribution in [0.3, 0.4) is 0 Å². The van der Waals surface area contributed by atoms with Crippen LogP contribution in [0.5, 0.6) is 0 Å². The van der Waals surface area contributed by atoms with E-state index >= 15 is 0 Å². The van der Waals surface area contributed by atoms with Crippen LogP contribution in [0.1, 0.15) is 63.6 Å². The molecule has 0 aliphatic heterocycles. The van der Waals surface area contributed by atoms with Gasteiger partial charge in [-0.15, -0.1) is 5.56 Å². The molecule has 205 valence electrons. The van der Waals surface area contributed by atoms with Crippen molar-refractivity contribution in [2.45, 2.75) is 58.8 Å². The minimum absolute atomic E-state index is 0. The van der Waals surface area contributed by atoms with Gasteiger partial charge in [-0.05, 0) is 23.4 Å². The fourth-order valence-corrected chi connectivity index (χ4v) is 6.48. The molecular formula is C35H35IN3Re-. The maximum absolute atomic E-state index is 9.70. The summed E-state index contributed by atoms with van der Waals surface area (Å²) in [6.07, 6.45) is 4.36. The van der Waals surface area contributed by atoms with Crippen LogP contribution in [0, 0.1) is 23.3 Å². The second-order valence-corrected chi connectivity index (χ2v) is 12.0. The SMILES string of the molecule is CCCCC(C)(CI)c1ccccc1-c1nc2ccc3ccccc3c2n1-c1[c-]cc(C#N)cc1CC(C)C.[Re]. The van der Waals surface area contributed by atoms with Crippen molar-refractivity contribution in [3.8, 4) is 23.1 Å². The third kappa shape index (κ3) is 5.78. The van der Waals surface area contributed by atoms with Crippen LogP contribution in [0.4, 0.5) is 0 Å². The van der Waals surface area contributed by atoms with Crippen LogP contribution in [0.2, 0.25) is 0 Å². The molecule has 4 aromatic carbocycles. The third-order valence-corrected chi connectivity index (χ3v) is 9.40. The molecule has 1 heterocycles. The quantitative estimate of drug-likeness (QED) is 0.0846. The van der Waals surface area contributed by atoms with E-state index in [1.54, 1.807) is 0 Å². The second-order valence-electron chi connectivity index (χ2n) is 11.2. The predicted molar refractivity (Wildman–Crippen MR) is 172 cm³/mol. The topological polar surface area (TPSA) is 41.6 Å². The first-order chi connectivity index (χ1) is 18.9. The molecular weight excluding hydrogens is 776 g/mol. The molecule has 5 aromatic rings. The first-order valence-corrected chi connectivity index (χ1v) is 15.4. The summed E-state index contributed by atoms with van der Waals surface area (Å²) >= 11 is 2.55. The minimum atomic E-state index is 0. The molecule has 40 heavy (non-hydrogen) atoms. The molecule has 0 bridgehead atoms. The summed E-state index contributed by atoms with van der Waals surface area (Å²) in [6, 6.07) is 31.4. The smallest absolute Gasteiger partial charge is 0.144 e. The molecule has 0 amide bonds. The van der Waals surface area contributed by atoms with E-state index in [-0.39, 0.29) is 25.8 Å². The standard InChI is InChI=1S/C35H35IN3.Re/c1-5-6-19-35(4,23-36)30-14-10-9-13-29(30)34-38-31-17-16-26-11-7-8-12-28(26)33(31)39(34)32-18-15-25(22-37)21-27(32)20-24(2)3;/h7-17,21,24H,5-6,19-20,23H2,1-4H3;/q-1;. The van der Waals surface area contributed by atoms with E-state index in [1.807, 2.05) is 12.1 Å². The van der Waals surface area contributed by atoms with Gasteiger partial charge in [-0.1, -0.05) is 141 Å². The Morgan fingerprint density at radius 2 is 1.82 bits per heavy atom. The van der Waals surface area contributed by atoms with Crippen LogP contribution in [0.25, 0.3) is 38.9 Å². The number of aromatic nitrogens is 2. The van der Waals surface area contributed by atoms with Crippen LogP contribution < -0.4 is 0 Å². The van der Waals surface area contributed by atoms with Crippen molar-refractivity contribution in [3.63, 3.8) is 0 Å². The Labute approximate surface area is 265 Å². The second kappa shape index (κ2) is 13.0. The fraction of sp³-hybridized carbons (Fsp3) is 0.314. The largest absolute Gasteiger partial charge is 0.316 e. The predicted octanol–water partition coefficient (Wildman–Crippen LogP) is 9.60. The Morgan fingerprint density at radius 3 is 2.55 bits per heavy atom. The van der Waals surface area contributed by atoms with Crippen molar-refractivity contribution in [1.82, 2.24) is 9.55 Å². The summed E-state index contributed by atoms with van der Waals surface area (Å²) in [5, 5.41) is 12.1. The molecule has 1 radical (unpaired) electrons. The minimum Gasteiger partial charge on any atom is -0.316 e. The van der Waals surface area contributed by atoms with E-state index in [0.717, 1.165) is 45.4 Å². The number of nitriles is 1. The van der Waals surface area contributed by atoms with Gasteiger partial charge in [0.25, 0.3) is 0 Å². The van der Waals surface area contributed by atoms with Crippen LogP contribution in [0.15, 0.2) is 72.8 Å². The number of alkyl halides is 1. The molecule has 0 spiro atoms. The van der Waals surface area contributed by atoms with Crippen LogP contribution in [-0.4, -0.2) is 14.0 Å². The number of unbranched alkanes of at least 4 members (excludes halogenated alkanes) is 1.